The number of halogens is 3. The van der Waals surface area contributed by atoms with Gasteiger partial charge < -0.3 is 0 Å². The molecule has 0 spiro atoms. The maximum absolute atomic E-state index is 13.2. The smallest absolute Gasteiger partial charge is 0.193 e. The van der Waals surface area contributed by atoms with Crippen molar-refractivity contribution in [2.45, 2.75) is 6.92 Å². The van der Waals surface area contributed by atoms with E-state index in [1.54, 1.807) is 6.92 Å². The summed E-state index contributed by atoms with van der Waals surface area (Å²) >= 11 is 3.13. The van der Waals surface area contributed by atoms with E-state index in [4.69, 9.17) is 0 Å². The van der Waals surface area contributed by atoms with E-state index in [2.05, 4.69) is 15.9 Å². The first kappa shape index (κ1) is 12.9. The number of benzene rings is 2. The van der Waals surface area contributed by atoms with Crippen LogP contribution < -0.4 is 0 Å². The molecule has 18 heavy (non-hydrogen) atoms. The molecular formula is C14H9BrF2O. The van der Waals surface area contributed by atoms with Crippen molar-refractivity contribution in [1.82, 2.24) is 0 Å². The van der Waals surface area contributed by atoms with Crippen LogP contribution in [0, 0.1) is 18.6 Å². The van der Waals surface area contributed by atoms with E-state index in [1.165, 1.54) is 30.3 Å². The highest BCUT2D eigenvalue weighted by molar-refractivity contribution is 9.10. The molecule has 0 aliphatic heterocycles. The molecule has 0 fully saturated rings. The van der Waals surface area contributed by atoms with Gasteiger partial charge in [-0.2, -0.15) is 0 Å². The Labute approximate surface area is 112 Å². The van der Waals surface area contributed by atoms with Gasteiger partial charge in [-0.1, -0.05) is 15.9 Å². The zero-order chi connectivity index (χ0) is 13.3. The standard InChI is InChI=1S/C14H9BrF2O/c1-8-4-11(16)2-3-13(8)14(18)9-5-10(15)7-12(17)6-9/h2-7H,1H3. The molecule has 0 bridgehead atoms. The van der Waals surface area contributed by atoms with Gasteiger partial charge in [0.1, 0.15) is 11.6 Å². The van der Waals surface area contributed by atoms with Crippen LogP contribution >= 0.6 is 15.9 Å². The highest BCUT2D eigenvalue weighted by Gasteiger charge is 2.13. The first-order chi connectivity index (χ1) is 8.47. The highest BCUT2D eigenvalue weighted by Crippen LogP contribution is 2.20. The van der Waals surface area contributed by atoms with E-state index in [9.17, 15) is 13.6 Å². The SMILES string of the molecule is Cc1cc(F)ccc1C(=O)c1cc(F)cc(Br)c1. The average molecular weight is 311 g/mol. The summed E-state index contributed by atoms with van der Waals surface area (Å²) in [5, 5.41) is 0. The summed E-state index contributed by atoms with van der Waals surface area (Å²) in [6.45, 7) is 1.64. The third-order valence-corrected chi connectivity index (χ3v) is 3.02. The van der Waals surface area contributed by atoms with Crippen molar-refractivity contribution in [2.75, 3.05) is 0 Å². The van der Waals surface area contributed by atoms with Crippen LogP contribution in [0.3, 0.4) is 0 Å². The van der Waals surface area contributed by atoms with E-state index in [1.807, 2.05) is 0 Å². The highest BCUT2D eigenvalue weighted by atomic mass is 79.9. The molecular weight excluding hydrogens is 302 g/mol. The van der Waals surface area contributed by atoms with Crippen molar-refractivity contribution >= 4 is 21.7 Å². The minimum absolute atomic E-state index is 0.233. The van der Waals surface area contributed by atoms with Crippen LogP contribution in [-0.2, 0) is 0 Å². The average Bonchev–Trinajstić information content (AvgIpc) is 2.26. The van der Waals surface area contributed by atoms with Gasteiger partial charge in [0.2, 0.25) is 0 Å². The summed E-state index contributed by atoms with van der Waals surface area (Å²) in [6, 6.07) is 7.88. The molecule has 0 saturated carbocycles. The van der Waals surface area contributed by atoms with E-state index < -0.39 is 11.6 Å². The molecule has 0 aromatic heterocycles. The Kier molecular flexibility index (Phi) is 3.57. The quantitative estimate of drug-likeness (QED) is 0.757. The lowest BCUT2D eigenvalue weighted by atomic mass is 9.99. The number of hydrogen-bond acceptors (Lipinski definition) is 1. The second-order valence-electron chi connectivity index (χ2n) is 3.95. The topological polar surface area (TPSA) is 17.1 Å². The second kappa shape index (κ2) is 4.98. The second-order valence-corrected chi connectivity index (χ2v) is 4.86. The molecule has 92 valence electrons. The zero-order valence-corrected chi connectivity index (χ0v) is 11.1. The minimum atomic E-state index is -0.493. The number of carbonyl (C=O) groups excluding carboxylic acids is 1. The Hall–Kier alpha value is -1.55. The predicted octanol–water partition coefficient (Wildman–Crippen LogP) is 4.27. The summed E-state index contributed by atoms with van der Waals surface area (Å²) in [5.74, 6) is -1.22. The summed E-state index contributed by atoms with van der Waals surface area (Å²) in [6.07, 6.45) is 0. The molecule has 0 radical (unpaired) electrons. The fraction of sp³-hybridized carbons (Fsp3) is 0.0714. The largest absolute Gasteiger partial charge is 0.289 e. The van der Waals surface area contributed by atoms with Crippen LogP contribution in [0.15, 0.2) is 40.9 Å². The summed E-state index contributed by atoms with van der Waals surface area (Å²) in [4.78, 5) is 12.2. The van der Waals surface area contributed by atoms with Crippen LogP contribution in [0.25, 0.3) is 0 Å². The van der Waals surface area contributed by atoms with Crippen molar-refractivity contribution < 1.29 is 13.6 Å². The monoisotopic (exact) mass is 310 g/mol. The van der Waals surface area contributed by atoms with Gasteiger partial charge >= 0.3 is 0 Å². The Bertz CT molecular complexity index is 603. The van der Waals surface area contributed by atoms with Crippen LogP contribution in [0.5, 0.6) is 0 Å². The van der Waals surface area contributed by atoms with Crippen molar-refractivity contribution in [2.24, 2.45) is 0 Å². The number of ketones is 1. The lowest BCUT2D eigenvalue weighted by Crippen LogP contribution is -2.04. The molecule has 0 N–H and O–H groups in total. The third-order valence-electron chi connectivity index (χ3n) is 2.56. The first-order valence-corrected chi connectivity index (χ1v) is 6.03. The summed E-state index contributed by atoms with van der Waals surface area (Å²) in [7, 11) is 0. The summed E-state index contributed by atoms with van der Waals surface area (Å²) in [5.41, 5.74) is 1.13. The lowest BCUT2D eigenvalue weighted by molar-refractivity contribution is 0.103. The van der Waals surface area contributed by atoms with Crippen LogP contribution in [0.2, 0.25) is 0 Å². The fourth-order valence-electron chi connectivity index (χ4n) is 1.72. The lowest BCUT2D eigenvalue weighted by Gasteiger charge is -2.06. The molecule has 1 nitrogen and oxygen atoms in total. The molecule has 4 heteroatoms. The molecule has 2 aromatic carbocycles. The van der Waals surface area contributed by atoms with Gasteiger partial charge in [-0.3, -0.25) is 4.79 Å². The Morgan fingerprint density at radius 3 is 2.39 bits per heavy atom. The molecule has 0 atom stereocenters. The Morgan fingerprint density at radius 1 is 1.06 bits per heavy atom. The van der Waals surface area contributed by atoms with Crippen LogP contribution in [0.1, 0.15) is 21.5 Å². The van der Waals surface area contributed by atoms with E-state index in [0.717, 1.165) is 6.07 Å². The molecule has 0 heterocycles. The van der Waals surface area contributed by atoms with E-state index in [0.29, 0.717) is 15.6 Å². The number of hydrogen-bond donors (Lipinski definition) is 0. The van der Waals surface area contributed by atoms with Gasteiger partial charge in [0, 0.05) is 15.6 Å². The van der Waals surface area contributed by atoms with Gasteiger partial charge in [0.05, 0.1) is 0 Å². The predicted molar refractivity (Wildman–Crippen MR) is 68.7 cm³/mol. The Balaban J connectivity index is 2.47. The van der Waals surface area contributed by atoms with E-state index >= 15 is 0 Å². The van der Waals surface area contributed by atoms with E-state index in [-0.39, 0.29) is 11.3 Å². The minimum Gasteiger partial charge on any atom is -0.289 e. The normalized spacial score (nSPS) is 10.4. The van der Waals surface area contributed by atoms with Crippen LogP contribution in [-0.4, -0.2) is 5.78 Å². The molecule has 0 aliphatic carbocycles. The van der Waals surface area contributed by atoms with Gasteiger partial charge in [-0.05, 0) is 48.9 Å². The number of rotatable bonds is 2. The van der Waals surface area contributed by atoms with Gasteiger partial charge in [-0.25, -0.2) is 8.78 Å². The fourth-order valence-corrected chi connectivity index (χ4v) is 2.19. The van der Waals surface area contributed by atoms with Gasteiger partial charge in [0.25, 0.3) is 0 Å². The zero-order valence-electron chi connectivity index (χ0n) is 9.51. The van der Waals surface area contributed by atoms with Crippen molar-refractivity contribution in [3.63, 3.8) is 0 Å². The van der Waals surface area contributed by atoms with Gasteiger partial charge in [0.15, 0.2) is 5.78 Å². The third kappa shape index (κ3) is 2.64. The summed E-state index contributed by atoms with van der Waals surface area (Å²) < 4.78 is 26.7. The molecule has 0 saturated heterocycles. The van der Waals surface area contributed by atoms with Crippen molar-refractivity contribution in [3.05, 3.63) is 69.2 Å². The number of aryl methyl sites for hydroxylation is 1. The maximum Gasteiger partial charge on any atom is 0.193 e. The van der Waals surface area contributed by atoms with Crippen molar-refractivity contribution in [3.8, 4) is 0 Å². The molecule has 2 aromatic rings. The first-order valence-electron chi connectivity index (χ1n) is 5.24. The number of carbonyl (C=O) groups is 1. The molecule has 0 aliphatic rings. The Morgan fingerprint density at radius 2 is 1.78 bits per heavy atom. The molecule has 2 rings (SSSR count). The van der Waals surface area contributed by atoms with Crippen LogP contribution in [0.4, 0.5) is 8.78 Å². The molecule has 0 amide bonds. The van der Waals surface area contributed by atoms with Gasteiger partial charge in [-0.15, -0.1) is 0 Å². The maximum atomic E-state index is 13.2. The molecule has 0 unspecified atom stereocenters. The van der Waals surface area contributed by atoms with Crippen molar-refractivity contribution in [1.29, 1.82) is 0 Å².